The van der Waals surface area contributed by atoms with E-state index in [1.165, 1.54) is 0 Å². The Labute approximate surface area is 124 Å². The molecule has 1 N–H and O–H groups in total. The second kappa shape index (κ2) is 6.51. The molecule has 1 heterocycles. The van der Waals surface area contributed by atoms with Gasteiger partial charge < -0.3 is 14.8 Å². The Hall–Kier alpha value is -1.50. The fraction of sp³-hybridized carbons (Fsp3) is 0.600. The summed E-state index contributed by atoms with van der Waals surface area (Å²) in [6.07, 6.45) is 0.858. The summed E-state index contributed by atoms with van der Waals surface area (Å²) in [5.41, 5.74) is 1.45. The van der Waals surface area contributed by atoms with Gasteiger partial charge in [-0.15, -0.1) is 0 Å². The van der Waals surface area contributed by atoms with Crippen LogP contribution in [-0.4, -0.2) is 37.4 Å². The molecule has 21 heavy (non-hydrogen) atoms. The van der Waals surface area contributed by atoms with Crippen LogP contribution in [0.2, 0.25) is 0 Å². The molecule has 2 atom stereocenters. The van der Waals surface area contributed by atoms with Gasteiger partial charge in [0.2, 0.25) is 0 Å². The Bertz CT molecular complexity index is 512. The molecule has 1 aromatic carbocycles. The van der Waals surface area contributed by atoms with Gasteiger partial charge in [-0.05, 0) is 19.4 Å². The molecule has 0 aliphatic carbocycles. The number of nitrogens with one attached hydrogen (secondary N) is 1. The monoisotopic (exact) mass is 294 g/mol. The van der Waals surface area contributed by atoms with Gasteiger partial charge in [0.05, 0.1) is 11.5 Å². The maximum Gasteiger partial charge on any atom is 0.272 e. The molecule has 0 amide bonds. The maximum absolute atomic E-state index is 11.0. The van der Waals surface area contributed by atoms with Gasteiger partial charge in [-0.25, -0.2) is 0 Å². The number of aryl methyl sites for hydroxylation is 1. The first-order chi connectivity index (χ1) is 9.97. The molecule has 1 aliphatic heterocycles. The van der Waals surface area contributed by atoms with Crippen LogP contribution in [0.1, 0.15) is 30.5 Å². The van der Waals surface area contributed by atoms with Crippen LogP contribution in [0, 0.1) is 17.0 Å². The number of nitro benzene ring substituents is 1. The predicted molar refractivity (Wildman–Crippen MR) is 79.4 cm³/mol. The lowest BCUT2D eigenvalue weighted by atomic mass is 10.0. The lowest BCUT2D eigenvalue weighted by molar-refractivity contribution is -0.385. The number of hydrogen-bond acceptors (Lipinski definition) is 5. The molecule has 0 spiro atoms. The average molecular weight is 294 g/mol. The van der Waals surface area contributed by atoms with E-state index in [0.29, 0.717) is 25.3 Å². The van der Waals surface area contributed by atoms with Gasteiger partial charge in [-0.1, -0.05) is 12.1 Å². The summed E-state index contributed by atoms with van der Waals surface area (Å²) in [7, 11) is 1.69. The van der Waals surface area contributed by atoms with Gasteiger partial charge >= 0.3 is 0 Å². The van der Waals surface area contributed by atoms with Crippen LogP contribution in [0.4, 0.5) is 5.69 Å². The third kappa shape index (κ3) is 3.58. The van der Waals surface area contributed by atoms with Gasteiger partial charge in [0.1, 0.15) is 5.60 Å². The molecular formula is C15H22N2O4. The molecule has 2 unspecified atom stereocenters. The maximum atomic E-state index is 11.0. The van der Waals surface area contributed by atoms with E-state index in [2.05, 4.69) is 5.32 Å². The molecule has 6 nitrogen and oxygen atoms in total. The van der Waals surface area contributed by atoms with Crippen molar-refractivity contribution in [1.29, 1.82) is 0 Å². The number of rotatable bonds is 6. The molecule has 0 radical (unpaired) electrons. The van der Waals surface area contributed by atoms with Gasteiger partial charge in [-0.3, -0.25) is 10.1 Å². The number of methoxy groups -OCH3 is 1. The Balaban J connectivity index is 2.05. The summed E-state index contributed by atoms with van der Waals surface area (Å²) in [6.45, 7) is 5.69. The van der Waals surface area contributed by atoms with Crippen molar-refractivity contribution in [1.82, 2.24) is 5.32 Å². The van der Waals surface area contributed by atoms with E-state index in [1.54, 1.807) is 26.2 Å². The highest BCUT2D eigenvalue weighted by molar-refractivity contribution is 5.43. The van der Waals surface area contributed by atoms with Crippen molar-refractivity contribution in [3.63, 3.8) is 0 Å². The molecule has 6 heteroatoms. The number of hydrogen-bond donors (Lipinski definition) is 1. The Kier molecular flexibility index (Phi) is 4.92. The van der Waals surface area contributed by atoms with Crippen LogP contribution in [0.15, 0.2) is 18.2 Å². The molecule has 0 saturated carbocycles. The summed E-state index contributed by atoms with van der Waals surface area (Å²) in [5.74, 6) is 0. The van der Waals surface area contributed by atoms with Crippen LogP contribution in [0.3, 0.4) is 0 Å². The number of nitrogens with zero attached hydrogens (tertiary/aromatic N) is 1. The first kappa shape index (κ1) is 15.9. The Morgan fingerprint density at radius 3 is 2.90 bits per heavy atom. The van der Waals surface area contributed by atoms with E-state index < -0.39 is 0 Å². The molecule has 1 fully saturated rings. The van der Waals surface area contributed by atoms with E-state index in [1.807, 2.05) is 13.0 Å². The van der Waals surface area contributed by atoms with Crippen molar-refractivity contribution in [3.05, 3.63) is 39.4 Å². The first-order valence-corrected chi connectivity index (χ1v) is 7.09. The molecule has 0 bridgehead atoms. The minimum absolute atomic E-state index is 0.0110. The van der Waals surface area contributed by atoms with Crippen LogP contribution in [0.5, 0.6) is 0 Å². The van der Waals surface area contributed by atoms with Gasteiger partial charge in [0.25, 0.3) is 5.69 Å². The summed E-state index contributed by atoms with van der Waals surface area (Å²) < 4.78 is 11.0. The molecule has 2 rings (SSSR count). The van der Waals surface area contributed by atoms with Crippen molar-refractivity contribution in [2.24, 2.45) is 0 Å². The topological polar surface area (TPSA) is 73.6 Å². The van der Waals surface area contributed by atoms with E-state index >= 15 is 0 Å². The molecular weight excluding hydrogens is 272 g/mol. The standard InChI is InChI=1S/C15H22N2O4/c1-11-4-5-13(8-14(11)17(18)19)12(2)16-9-15(20-3)6-7-21-10-15/h4-5,8,12,16H,6-7,9-10H2,1-3H3. The molecule has 1 saturated heterocycles. The predicted octanol–water partition coefficient (Wildman–Crippen LogP) is 2.36. The second-order valence-corrected chi connectivity index (χ2v) is 5.60. The minimum atomic E-state index is -0.340. The number of nitro groups is 1. The van der Waals surface area contributed by atoms with Gasteiger partial charge in [-0.2, -0.15) is 0 Å². The van der Waals surface area contributed by atoms with Crippen molar-refractivity contribution in [2.75, 3.05) is 26.9 Å². The highest BCUT2D eigenvalue weighted by atomic mass is 16.6. The SMILES string of the molecule is COC1(CNC(C)c2ccc(C)c([N+](=O)[O-])c2)CCOC1. The van der Waals surface area contributed by atoms with Crippen LogP contribution < -0.4 is 5.32 Å². The number of benzene rings is 1. The zero-order chi connectivity index (χ0) is 15.5. The zero-order valence-corrected chi connectivity index (χ0v) is 12.7. The van der Waals surface area contributed by atoms with Crippen molar-refractivity contribution in [3.8, 4) is 0 Å². The van der Waals surface area contributed by atoms with E-state index in [4.69, 9.17) is 9.47 Å². The van der Waals surface area contributed by atoms with E-state index in [0.717, 1.165) is 12.0 Å². The Morgan fingerprint density at radius 2 is 2.33 bits per heavy atom. The summed E-state index contributed by atoms with van der Waals surface area (Å²) in [5, 5.41) is 14.4. The normalized spacial score (nSPS) is 23.2. The molecule has 116 valence electrons. The van der Waals surface area contributed by atoms with Gasteiger partial charge in [0, 0.05) is 44.4 Å². The highest BCUT2D eigenvalue weighted by Crippen LogP contribution is 2.25. The second-order valence-electron chi connectivity index (χ2n) is 5.60. The lowest BCUT2D eigenvalue weighted by Gasteiger charge is -2.28. The van der Waals surface area contributed by atoms with Crippen LogP contribution >= 0.6 is 0 Å². The third-order valence-electron chi connectivity index (χ3n) is 4.16. The first-order valence-electron chi connectivity index (χ1n) is 7.09. The highest BCUT2D eigenvalue weighted by Gasteiger charge is 2.35. The average Bonchev–Trinajstić information content (AvgIpc) is 2.94. The third-order valence-corrected chi connectivity index (χ3v) is 4.16. The molecule has 1 aromatic rings. The largest absolute Gasteiger partial charge is 0.378 e. The number of ether oxygens (including phenoxy) is 2. The fourth-order valence-electron chi connectivity index (χ4n) is 2.51. The zero-order valence-electron chi connectivity index (χ0n) is 12.7. The van der Waals surface area contributed by atoms with Crippen molar-refractivity contribution in [2.45, 2.75) is 31.9 Å². The summed E-state index contributed by atoms with van der Waals surface area (Å²) >= 11 is 0. The van der Waals surface area contributed by atoms with Crippen molar-refractivity contribution >= 4 is 5.69 Å². The minimum Gasteiger partial charge on any atom is -0.378 e. The summed E-state index contributed by atoms with van der Waals surface area (Å²) in [4.78, 5) is 10.7. The van der Waals surface area contributed by atoms with Crippen molar-refractivity contribution < 1.29 is 14.4 Å². The quantitative estimate of drug-likeness (QED) is 0.644. The van der Waals surface area contributed by atoms with E-state index in [-0.39, 0.29) is 22.3 Å². The lowest BCUT2D eigenvalue weighted by Crippen LogP contribution is -2.43. The van der Waals surface area contributed by atoms with Crippen LogP contribution in [0.25, 0.3) is 0 Å². The van der Waals surface area contributed by atoms with E-state index in [9.17, 15) is 10.1 Å². The smallest absolute Gasteiger partial charge is 0.272 e. The van der Waals surface area contributed by atoms with Gasteiger partial charge in [0.15, 0.2) is 0 Å². The van der Waals surface area contributed by atoms with Crippen LogP contribution in [-0.2, 0) is 9.47 Å². The fourth-order valence-corrected chi connectivity index (χ4v) is 2.51. The Morgan fingerprint density at radius 1 is 1.57 bits per heavy atom. The summed E-state index contributed by atoms with van der Waals surface area (Å²) in [6, 6.07) is 5.36. The molecule has 1 aliphatic rings. The molecule has 0 aromatic heterocycles.